The fraction of sp³-hybridized carbons (Fsp3) is 0.0294. The van der Waals surface area contributed by atoms with Crippen LogP contribution in [0.4, 0.5) is 17.1 Å². The van der Waals surface area contributed by atoms with Crippen molar-refractivity contribution < 1.29 is 0 Å². The van der Waals surface area contributed by atoms with Crippen LogP contribution < -0.4 is 4.90 Å². The average Bonchev–Trinajstić information content (AvgIpc) is 3.90. The molecule has 0 spiro atoms. The fourth-order valence-electron chi connectivity index (χ4n) is 11.9. The maximum absolute atomic E-state index is 2.48. The summed E-state index contributed by atoms with van der Waals surface area (Å²) in [6.07, 6.45) is 0. The van der Waals surface area contributed by atoms with Gasteiger partial charge in [0.05, 0.1) is 10.8 Å². The monoisotopic (exact) mass is 877 g/mol. The van der Waals surface area contributed by atoms with Gasteiger partial charge in [-0.25, -0.2) is 0 Å². The quantitative estimate of drug-likeness (QED) is 0.140. The molecule has 69 heavy (non-hydrogen) atoms. The predicted molar refractivity (Wildman–Crippen MR) is 287 cm³/mol. The van der Waals surface area contributed by atoms with E-state index in [4.69, 9.17) is 0 Å². The van der Waals surface area contributed by atoms with E-state index in [1.807, 2.05) is 0 Å². The molecule has 11 aromatic carbocycles. The summed E-state index contributed by atoms with van der Waals surface area (Å²) in [5.74, 6) is 0. The van der Waals surface area contributed by atoms with Crippen molar-refractivity contribution in [2.75, 3.05) is 4.90 Å². The van der Waals surface area contributed by atoms with Crippen molar-refractivity contribution in [3.8, 4) is 44.5 Å². The molecular formula is C68H47N. The van der Waals surface area contributed by atoms with Crippen molar-refractivity contribution in [1.82, 2.24) is 0 Å². The summed E-state index contributed by atoms with van der Waals surface area (Å²) in [5.41, 5.74) is 22.3. The smallest absolute Gasteiger partial charge is 0.0714 e. The van der Waals surface area contributed by atoms with Gasteiger partial charge in [0.25, 0.3) is 0 Å². The Labute approximate surface area is 404 Å². The Balaban J connectivity index is 1.02. The van der Waals surface area contributed by atoms with E-state index in [2.05, 4.69) is 290 Å². The first-order chi connectivity index (χ1) is 34.2. The maximum atomic E-state index is 2.48. The summed E-state index contributed by atoms with van der Waals surface area (Å²) in [6.45, 7) is 0. The highest BCUT2D eigenvalue weighted by Crippen LogP contribution is 2.59. The number of fused-ring (bicyclic) bond motifs is 6. The lowest BCUT2D eigenvalue weighted by Crippen LogP contribution is -2.28. The zero-order chi connectivity index (χ0) is 45.8. The molecule has 0 amide bonds. The third-order valence-corrected chi connectivity index (χ3v) is 14.9. The van der Waals surface area contributed by atoms with Crippen LogP contribution in [0.15, 0.2) is 285 Å². The highest BCUT2D eigenvalue weighted by molar-refractivity contribution is 5.93. The van der Waals surface area contributed by atoms with Crippen molar-refractivity contribution in [2.45, 2.75) is 10.8 Å². The molecule has 0 unspecified atom stereocenters. The molecule has 0 radical (unpaired) electrons. The molecule has 2 aliphatic rings. The molecule has 324 valence electrons. The van der Waals surface area contributed by atoms with Gasteiger partial charge >= 0.3 is 0 Å². The van der Waals surface area contributed by atoms with Gasteiger partial charge in [0.1, 0.15) is 0 Å². The molecule has 0 N–H and O–H groups in total. The Kier molecular flexibility index (Phi) is 9.70. The fourth-order valence-corrected chi connectivity index (χ4v) is 11.9. The third-order valence-electron chi connectivity index (χ3n) is 14.9. The normalized spacial score (nSPS) is 13.4. The first-order valence-electron chi connectivity index (χ1n) is 24.0. The summed E-state index contributed by atoms with van der Waals surface area (Å²) in [5, 5.41) is 0. The zero-order valence-electron chi connectivity index (χ0n) is 38.1. The summed E-state index contributed by atoms with van der Waals surface area (Å²) in [4.78, 5) is 2.47. The van der Waals surface area contributed by atoms with Crippen LogP contribution in [0.3, 0.4) is 0 Å². The van der Waals surface area contributed by atoms with Crippen molar-refractivity contribution in [3.05, 3.63) is 330 Å². The van der Waals surface area contributed by atoms with Gasteiger partial charge in [0.2, 0.25) is 0 Å². The minimum atomic E-state index is -0.534. The molecule has 0 saturated carbocycles. The predicted octanol–water partition coefficient (Wildman–Crippen LogP) is 17.2. The second-order valence-electron chi connectivity index (χ2n) is 18.3. The summed E-state index contributed by atoms with van der Waals surface area (Å²) in [7, 11) is 0. The van der Waals surface area contributed by atoms with E-state index in [9.17, 15) is 0 Å². The molecule has 1 heteroatoms. The molecule has 0 heterocycles. The van der Waals surface area contributed by atoms with E-state index in [-0.39, 0.29) is 0 Å². The topological polar surface area (TPSA) is 3.24 Å². The maximum Gasteiger partial charge on any atom is 0.0714 e. The lowest BCUT2D eigenvalue weighted by molar-refractivity contribution is 0.768. The second kappa shape index (κ2) is 16.5. The molecule has 2 aliphatic carbocycles. The lowest BCUT2D eigenvalue weighted by atomic mass is 9.67. The first kappa shape index (κ1) is 40.5. The van der Waals surface area contributed by atoms with Gasteiger partial charge in [0, 0.05) is 17.1 Å². The van der Waals surface area contributed by atoms with E-state index >= 15 is 0 Å². The van der Waals surface area contributed by atoms with Crippen molar-refractivity contribution >= 4 is 17.1 Å². The van der Waals surface area contributed by atoms with E-state index in [1.54, 1.807) is 0 Å². The standard InChI is InChI=1S/C68H47N/c1-6-20-48(21-7-1)49-34-36-50(37-35-49)51-38-40-56(41-39-51)69(57-43-45-65-62(46-57)60-31-17-19-33-64(60)67(65,52-22-8-2-9-23-52)53-24-10-3-11-25-53)58-42-44-61-59-30-16-18-32-63(59)68(66(61)47-58,54-26-12-4-13-27-54)55-28-14-5-15-29-55/h1-47H. The van der Waals surface area contributed by atoms with Crippen LogP contribution >= 0.6 is 0 Å². The van der Waals surface area contributed by atoms with E-state index in [0.29, 0.717) is 0 Å². The third kappa shape index (κ3) is 6.32. The number of anilines is 3. The van der Waals surface area contributed by atoms with Crippen LogP contribution in [0.25, 0.3) is 44.5 Å². The largest absolute Gasteiger partial charge is 0.310 e. The van der Waals surface area contributed by atoms with E-state index in [0.717, 1.165) is 17.1 Å². The van der Waals surface area contributed by atoms with Crippen LogP contribution in [-0.4, -0.2) is 0 Å². The number of rotatable bonds is 9. The summed E-state index contributed by atoms with van der Waals surface area (Å²) >= 11 is 0. The van der Waals surface area contributed by atoms with Crippen molar-refractivity contribution in [2.24, 2.45) is 0 Å². The molecule has 0 aromatic heterocycles. The Hall–Kier alpha value is -8.78. The molecule has 0 fully saturated rings. The minimum absolute atomic E-state index is 0.486. The van der Waals surface area contributed by atoms with Crippen molar-refractivity contribution in [1.29, 1.82) is 0 Å². The van der Waals surface area contributed by atoms with Crippen LogP contribution in [-0.2, 0) is 10.8 Å². The van der Waals surface area contributed by atoms with Gasteiger partial charge in [-0.05, 0) is 125 Å². The minimum Gasteiger partial charge on any atom is -0.310 e. The molecule has 13 rings (SSSR count). The van der Waals surface area contributed by atoms with E-state index in [1.165, 1.54) is 89.0 Å². The summed E-state index contributed by atoms with van der Waals surface area (Å²) in [6, 6.07) is 105. The van der Waals surface area contributed by atoms with Crippen LogP contribution in [0.5, 0.6) is 0 Å². The van der Waals surface area contributed by atoms with Crippen molar-refractivity contribution in [3.63, 3.8) is 0 Å². The van der Waals surface area contributed by atoms with Gasteiger partial charge in [-0.3, -0.25) is 0 Å². The van der Waals surface area contributed by atoms with Crippen LogP contribution in [0, 0.1) is 0 Å². The second-order valence-corrected chi connectivity index (χ2v) is 18.3. The lowest BCUT2D eigenvalue weighted by Gasteiger charge is -2.35. The summed E-state index contributed by atoms with van der Waals surface area (Å²) < 4.78 is 0. The van der Waals surface area contributed by atoms with Gasteiger partial charge in [-0.15, -0.1) is 0 Å². The van der Waals surface area contributed by atoms with Gasteiger partial charge in [-0.2, -0.15) is 0 Å². The zero-order valence-corrected chi connectivity index (χ0v) is 38.1. The molecule has 0 aliphatic heterocycles. The van der Waals surface area contributed by atoms with Crippen LogP contribution in [0.1, 0.15) is 44.5 Å². The van der Waals surface area contributed by atoms with Gasteiger partial charge in [0.15, 0.2) is 0 Å². The number of hydrogen-bond acceptors (Lipinski definition) is 1. The van der Waals surface area contributed by atoms with E-state index < -0.39 is 10.8 Å². The highest BCUT2D eigenvalue weighted by Gasteiger charge is 2.48. The number of benzene rings is 11. The molecule has 0 bridgehead atoms. The number of hydrogen-bond donors (Lipinski definition) is 0. The molecule has 1 nitrogen and oxygen atoms in total. The Bertz CT molecular complexity index is 3540. The Morgan fingerprint density at radius 2 is 0.522 bits per heavy atom. The average molecular weight is 878 g/mol. The molecule has 0 atom stereocenters. The highest BCUT2D eigenvalue weighted by atomic mass is 15.1. The van der Waals surface area contributed by atoms with Gasteiger partial charge in [-0.1, -0.05) is 249 Å². The van der Waals surface area contributed by atoms with Crippen LogP contribution in [0.2, 0.25) is 0 Å². The molecule has 0 saturated heterocycles. The van der Waals surface area contributed by atoms with Gasteiger partial charge < -0.3 is 4.90 Å². The first-order valence-corrected chi connectivity index (χ1v) is 24.0. The number of nitrogens with zero attached hydrogens (tertiary/aromatic N) is 1. The Morgan fingerprint density at radius 1 is 0.203 bits per heavy atom. The SMILES string of the molecule is c1ccc(-c2ccc(-c3ccc(N(c4ccc5c(c4)-c4ccccc4C5(c4ccccc4)c4ccccc4)c4ccc5c(c4)C(c4ccccc4)(c4ccccc4)c4ccccc4-5)cc3)cc2)cc1. The molecular weight excluding hydrogens is 831 g/mol. The molecule has 11 aromatic rings. The Morgan fingerprint density at radius 3 is 1.01 bits per heavy atom.